The fraction of sp³-hybridized carbons (Fsp3) is 0.632. The molecular weight excluding hydrogens is 272 g/mol. The largest absolute Gasteiger partial charge is 0.376 e. The first-order chi connectivity index (χ1) is 10.6. The lowest BCUT2D eigenvalue weighted by molar-refractivity contribution is 0.0519. The Labute approximate surface area is 136 Å². The summed E-state index contributed by atoms with van der Waals surface area (Å²) in [7, 11) is 0. The van der Waals surface area contributed by atoms with E-state index in [4.69, 9.17) is 10.1 Å². The van der Waals surface area contributed by atoms with Crippen LogP contribution < -0.4 is 5.32 Å². The van der Waals surface area contributed by atoms with Crippen molar-refractivity contribution in [3.63, 3.8) is 0 Å². The van der Waals surface area contributed by atoms with Gasteiger partial charge in [0.1, 0.15) is 5.84 Å². The first-order valence-corrected chi connectivity index (χ1v) is 8.55. The minimum Gasteiger partial charge on any atom is -0.376 e. The zero-order chi connectivity index (χ0) is 16.4. The van der Waals surface area contributed by atoms with Gasteiger partial charge in [0.2, 0.25) is 0 Å². The van der Waals surface area contributed by atoms with Crippen LogP contribution in [0.25, 0.3) is 0 Å². The molecule has 0 fully saturated rings. The van der Waals surface area contributed by atoms with E-state index in [1.807, 2.05) is 6.08 Å². The maximum absolute atomic E-state index is 8.07. The van der Waals surface area contributed by atoms with E-state index in [2.05, 4.69) is 45.2 Å². The van der Waals surface area contributed by atoms with Gasteiger partial charge in [0, 0.05) is 13.2 Å². The van der Waals surface area contributed by atoms with Gasteiger partial charge in [0.05, 0.1) is 6.10 Å². The quantitative estimate of drug-likeness (QED) is 0.366. The Morgan fingerprint density at radius 2 is 2.14 bits per heavy atom. The summed E-state index contributed by atoms with van der Waals surface area (Å²) < 4.78 is 5.82. The summed E-state index contributed by atoms with van der Waals surface area (Å²) in [5.41, 5.74) is 3.95. The predicted octanol–water partition coefficient (Wildman–Crippen LogP) is 4.76. The molecule has 0 bridgehead atoms. The molecule has 1 rings (SSSR count). The fourth-order valence-corrected chi connectivity index (χ4v) is 2.37. The van der Waals surface area contributed by atoms with Crippen molar-refractivity contribution in [3.8, 4) is 0 Å². The van der Waals surface area contributed by atoms with Crippen molar-refractivity contribution in [2.24, 2.45) is 0 Å². The van der Waals surface area contributed by atoms with Crippen molar-refractivity contribution in [3.05, 3.63) is 34.9 Å². The highest BCUT2D eigenvalue weighted by atomic mass is 16.5. The lowest BCUT2D eigenvalue weighted by Gasteiger charge is -2.17. The number of allylic oxidation sites excluding steroid dienone is 5. The Morgan fingerprint density at radius 3 is 2.73 bits per heavy atom. The van der Waals surface area contributed by atoms with Crippen molar-refractivity contribution in [1.82, 2.24) is 5.32 Å². The second-order valence-corrected chi connectivity index (χ2v) is 6.08. The monoisotopic (exact) mass is 304 g/mol. The summed E-state index contributed by atoms with van der Waals surface area (Å²) in [6.45, 7) is 10.1. The number of ether oxygens (including phenoxy) is 1. The van der Waals surface area contributed by atoms with Gasteiger partial charge < -0.3 is 10.1 Å². The van der Waals surface area contributed by atoms with E-state index >= 15 is 0 Å². The van der Waals surface area contributed by atoms with Gasteiger partial charge >= 0.3 is 0 Å². The molecule has 0 spiro atoms. The molecule has 1 aliphatic rings. The SMILES string of the molecule is CCCCOC(CC)CNC(=N)/C=C(\C)C1=CC=C(C)CC1. The Morgan fingerprint density at radius 1 is 1.36 bits per heavy atom. The van der Waals surface area contributed by atoms with E-state index in [-0.39, 0.29) is 6.10 Å². The molecule has 2 N–H and O–H groups in total. The lowest BCUT2D eigenvalue weighted by atomic mass is 9.94. The normalized spacial score (nSPS) is 16.8. The van der Waals surface area contributed by atoms with Crippen molar-refractivity contribution >= 4 is 5.84 Å². The van der Waals surface area contributed by atoms with Gasteiger partial charge in [-0.15, -0.1) is 0 Å². The predicted molar refractivity (Wildman–Crippen MR) is 95.5 cm³/mol. The second kappa shape index (κ2) is 10.4. The van der Waals surface area contributed by atoms with Gasteiger partial charge in [0.15, 0.2) is 0 Å². The highest BCUT2D eigenvalue weighted by Crippen LogP contribution is 2.23. The molecule has 3 nitrogen and oxygen atoms in total. The van der Waals surface area contributed by atoms with Crippen molar-refractivity contribution in [2.45, 2.75) is 65.9 Å². The van der Waals surface area contributed by atoms with Crippen LogP contribution in [0, 0.1) is 5.41 Å². The molecule has 0 aromatic rings. The van der Waals surface area contributed by atoms with Crippen LogP contribution in [0.3, 0.4) is 0 Å². The average molecular weight is 304 g/mol. The van der Waals surface area contributed by atoms with Crippen LogP contribution in [-0.2, 0) is 4.74 Å². The maximum Gasteiger partial charge on any atom is 0.118 e. The molecule has 0 aliphatic heterocycles. The molecule has 0 radical (unpaired) electrons. The summed E-state index contributed by atoms with van der Waals surface area (Å²) in [5.74, 6) is 0.474. The number of unbranched alkanes of at least 4 members (excludes halogenated alkanes) is 1. The molecule has 1 atom stereocenters. The topological polar surface area (TPSA) is 45.1 Å². The van der Waals surface area contributed by atoms with Gasteiger partial charge in [-0.1, -0.05) is 38.0 Å². The van der Waals surface area contributed by atoms with Gasteiger partial charge in [-0.25, -0.2) is 0 Å². The molecular formula is C19H32N2O. The van der Waals surface area contributed by atoms with E-state index in [1.165, 1.54) is 16.7 Å². The first kappa shape index (κ1) is 18.7. The van der Waals surface area contributed by atoms with Crippen molar-refractivity contribution in [2.75, 3.05) is 13.2 Å². The van der Waals surface area contributed by atoms with Crippen LogP contribution in [0.1, 0.15) is 59.8 Å². The minimum atomic E-state index is 0.195. The number of nitrogens with one attached hydrogen (secondary N) is 2. The van der Waals surface area contributed by atoms with Crippen LogP contribution in [0.4, 0.5) is 0 Å². The number of amidine groups is 1. The Hall–Kier alpha value is -1.35. The molecule has 22 heavy (non-hydrogen) atoms. The van der Waals surface area contributed by atoms with E-state index < -0.39 is 0 Å². The Balaban J connectivity index is 2.42. The molecule has 0 amide bonds. The second-order valence-electron chi connectivity index (χ2n) is 6.08. The Kier molecular flexibility index (Phi) is 8.83. The number of rotatable bonds is 9. The number of hydrogen-bond acceptors (Lipinski definition) is 2. The highest BCUT2D eigenvalue weighted by molar-refractivity contribution is 5.91. The fourth-order valence-electron chi connectivity index (χ4n) is 2.37. The summed E-state index contributed by atoms with van der Waals surface area (Å²) in [6, 6.07) is 0. The molecule has 0 saturated heterocycles. The van der Waals surface area contributed by atoms with Gasteiger partial charge in [-0.3, -0.25) is 5.41 Å². The minimum absolute atomic E-state index is 0.195. The van der Waals surface area contributed by atoms with Crippen molar-refractivity contribution in [1.29, 1.82) is 5.41 Å². The average Bonchev–Trinajstić information content (AvgIpc) is 2.51. The molecule has 0 aromatic carbocycles. The van der Waals surface area contributed by atoms with E-state index in [1.54, 1.807) is 0 Å². The summed E-state index contributed by atoms with van der Waals surface area (Å²) in [4.78, 5) is 0. The van der Waals surface area contributed by atoms with Gasteiger partial charge in [-0.2, -0.15) is 0 Å². The lowest BCUT2D eigenvalue weighted by Crippen LogP contribution is -2.32. The summed E-state index contributed by atoms with van der Waals surface area (Å²) >= 11 is 0. The van der Waals surface area contributed by atoms with Gasteiger partial charge in [-0.05, 0) is 56.8 Å². The standard InChI is InChI=1S/C19H32N2O/c1-5-7-12-22-18(6-2)14-21-19(20)13-16(4)17-10-8-15(3)9-11-17/h8,10,13,18H,5-7,9,11-12,14H2,1-4H3,(H2,20,21)/b16-13+. The van der Waals surface area contributed by atoms with Crippen LogP contribution in [-0.4, -0.2) is 25.1 Å². The maximum atomic E-state index is 8.07. The third kappa shape index (κ3) is 7.08. The Bertz CT molecular complexity index is 446. The van der Waals surface area contributed by atoms with Crippen LogP contribution in [0.5, 0.6) is 0 Å². The summed E-state index contributed by atoms with van der Waals surface area (Å²) in [6.07, 6.45) is 11.9. The molecule has 3 heteroatoms. The highest BCUT2D eigenvalue weighted by Gasteiger charge is 2.08. The van der Waals surface area contributed by atoms with E-state index in [0.29, 0.717) is 12.4 Å². The zero-order valence-electron chi connectivity index (χ0n) is 14.7. The van der Waals surface area contributed by atoms with Crippen LogP contribution >= 0.6 is 0 Å². The van der Waals surface area contributed by atoms with Gasteiger partial charge in [0.25, 0.3) is 0 Å². The zero-order valence-corrected chi connectivity index (χ0v) is 14.7. The first-order valence-electron chi connectivity index (χ1n) is 8.55. The summed E-state index contributed by atoms with van der Waals surface area (Å²) in [5, 5.41) is 11.3. The van der Waals surface area contributed by atoms with E-state index in [9.17, 15) is 0 Å². The third-order valence-corrected chi connectivity index (χ3v) is 4.05. The molecule has 0 aromatic heterocycles. The van der Waals surface area contributed by atoms with Crippen LogP contribution in [0.15, 0.2) is 34.9 Å². The third-order valence-electron chi connectivity index (χ3n) is 4.05. The molecule has 1 unspecified atom stereocenters. The number of hydrogen-bond donors (Lipinski definition) is 2. The molecule has 124 valence electrons. The van der Waals surface area contributed by atoms with Crippen molar-refractivity contribution < 1.29 is 4.74 Å². The van der Waals surface area contributed by atoms with Crippen LogP contribution in [0.2, 0.25) is 0 Å². The molecule has 0 saturated carbocycles. The molecule has 0 heterocycles. The van der Waals surface area contributed by atoms with E-state index in [0.717, 1.165) is 38.7 Å². The smallest absolute Gasteiger partial charge is 0.118 e. The molecule has 1 aliphatic carbocycles.